The lowest BCUT2D eigenvalue weighted by atomic mass is 10.2. The maximum atomic E-state index is 10.9. The Balaban J connectivity index is 2.47. The molecule has 0 aliphatic heterocycles. The third kappa shape index (κ3) is 5.71. The van der Waals surface area contributed by atoms with Gasteiger partial charge in [-0.1, -0.05) is 0 Å². The minimum atomic E-state index is -0.699. The predicted octanol–water partition coefficient (Wildman–Crippen LogP) is 1.49. The molecule has 0 aliphatic rings. The second kappa shape index (κ2) is 8.52. The lowest BCUT2D eigenvalue weighted by molar-refractivity contribution is -0.393. The monoisotopic (exact) mass is 313 g/mol. The van der Waals surface area contributed by atoms with Crippen LogP contribution in [0.25, 0.3) is 0 Å². The Hall–Kier alpha value is -2.75. The SMILES string of the molecule is CC(=O)OCCOCCNc1ccc([N+](=O)[O-])cc1[N+](=O)[O-]. The lowest BCUT2D eigenvalue weighted by Crippen LogP contribution is -2.14. The molecule has 10 heteroatoms. The van der Waals surface area contributed by atoms with E-state index in [2.05, 4.69) is 10.1 Å². The van der Waals surface area contributed by atoms with Gasteiger partial charge in [0, 0.05) is 19.5 Å². The number of esters is 1. The van der Waals surface area contributed by atoms with Crippen LogP contribution in [0.4, 0.5) is 17.1 Å². The Bertz CT molecular complexity index is 562. The number of nitrogens with one attached hydrogen (secondary N) is 1. The van der Waals surface area contributed by atoms with Crippen LogP contribution < -0.4 is 5.32 Å². The predicted molar refractivity (Wildman–Crippen MR) is 75.7 cm³/mol. The Labute approximate surface area is 125 Å². The first kappa shape index (κ1) is 17.3. The van der Waals surface area contributed by atoms with Crippen LogP contribution in [0.15, 0.2) is 18.2 Å². The van der Waals surface area contributed by atoms with Crippen molar-refractivity contribution in [3.63, 3.8) is 0 Å². The number of hydrogen-bond donors (Lipinski definition) is 1. The summed E-state index contributed by atoms with van der Waals surface area (Å²) in [5, 5.41) is 24.3. The van der Waals surface area contributed by atoms with Crippen molar-refractivity contribution in [1.82, 2.24) is 0 Å². The van der Waals surface area contributed by atoms with E-state index in [4.69, 9.17) is 4.74 Å². The summed E-state index contributed by atoms with van der Waals surface area (Å²) < 4.78 is 9.81. The van der Waals surface area contributed by atoms with Crippen LogP contribution in [0, 0.1) is 20.2 Å². The fourth-order valence-corrected chi connectivity index (χ4v) is 1.54. The zero-order chi connectivity index (χ0) is 16.5. The average Bonchev–Trinajstić information content (AvgIpc) is 2.45. The summed E-state index contributed by atoms with van der Waals surface area (Å²) in [6.45, 7) is 2.13. The number of nitro groups is 2. The van der Waals surface area contributed by atoms with Gasteiger partial charge in [0.05, 0.1) is 29.1 Å². The van der Waals surface area contributed by atoms with Gasteiger partial charge in [-0.3, -0.25) is 25.0 Å². The molecule has 120 valence electrons. The Morgan fingerprint density at radius 1 is 1.18 bits per heavy atom. The van der Waals surface area contributed by atoms with Crippen LogP contribution in [-0.2, 0) is 14.3 Å². The molecule has 0 amide bonds. The van der Waals surface area contributed by atoms with E-state index in [-0.39, 0.29) is 43.4 Å². The molecule has 1 N–H and O–H groups in total. The van der Waals surface area contributed by atoms with E-state index in [0.717, 1.165) is 6.07 Å². The van der Waals surface area contributed by atoms with Crippen molar-refractivity contribution in [2.75, 3.05) is 31.7 Å². The first-order chi connectivity index (χ1) is 10.4. The van der Waals surface area contributed by atoms with Gasteiger partial charge in [0.1, 0.15) is 12.3 Å². The third-order valence-corrected chi connectivity index (χ3v) is 2.48. The van der Waals surface area contributed by atoms with E-state index in [0.29, 0.717) is 0 Å². The van der Waals surface area contributed by atoms with Gasteiger partial charge in [-0.05, 0) is 6.07 Å². The number of nitro benzene ring substituents is 2. The highest BCUT2D eigenvalue weighted by molar-refractivity contribution is 5.66. The number of nitrogens with zero attached hydrogens (tertiary/aromatic N) is 2. The van der Waals surface area contributed by atoms with Crippen molar-refractivity contribution in [3.8, 4) is 0 Å². The molecule has 0 unspecified atom stereocenters. The summed E-state index contributed by atoms with van der Waals surface area (Å²) in [6.07, 6.45) is 0. The number of non-ortho nitro benzene ring substituents is 1. The average molecular weight is 313 g/mol. The summed E-state index contributed by atoms with van der Waals surface area (Å²) in [7, 11) is 0. The molecular weight excluding hydrogens is 298 g/mol. The van der Waals surface area contributed by atoms with Crippen LogP contribution >= 0.6 is 0 Å². The van der Waals surface area contributed by atoms with E-state index in [1.807, 2.05) is 0 Å². The maximum Gasteiger partial charge on any atom is 0.302 e. The van der Waals surface area contributed by atoms with Crippen molar-refractivity contribution >= 4 is 23.0 Å². The highest BCUT2D eigenvalue weighted by atomic mass is 16.6. The Morgan fingerprint density at radius 3 is 2.50 bits per heavy atom. The number of rotatable bonds is 9. The van der Waals surface area contributed by atoms with Gasteiger partial charge in [0.2, 0.25) is 0 Å². The van der Waals surface area contributed by atoms with E-state index < -0.39 is 15.8 Å². The minimum absolute atomic E-state index is 0.132. The molecule has 0 fully saturated rings. The second-order valence-corrected chi connectivity index (χ2v) is 4.09. The molecule has 0 atom stereocenters. The van der Waals surface area contributed by atoms with Gasteiger partial charge in [0.25, 0.3) is 11.4 Å². The van der Waals surface area contributed by atoms with E-state index in [1.165, 1.54) is 19.1 Å². The third-order valence-electron chi connectivity index (χ3n) is 2.48. The van der Waals surface area contributed by atoms with Crippen LogP contribution in [0.2, 0.25) is 0 Å². The van der Waals surface area contributed by atoms with E-state index >= 15 is 0 Å². The fourth-order valence-electron chi connectivity index (χ4n) is 1.54. The van der Waals surface area contributed by atoms with Crippen LogP contribution in [0.5, 0.6) is 0 Å². The topological polar surface area (TPSA) is 134 Å². The van der Waals surface area contributed by atoms with Gasteiger partial charge in [0.15, 0.2) is 0 Å². The van der Waals surface area contributed by atoms with Crippen LogP contribution in [0.3, 0.4) is 0 Å². The molecular formula is C12H15N3O7. The maximum absolute atomic E-state index is 10.9. The first-order valence-corrected chi connectivity index (χ1v) is 6.29. The van der Waals surface area contributed by atoms with Crippen molar-refractivity contribution in [2.45, 2.75) is 6.92 Å². The van der Waals surface area contributed by atoms with Crippen molar-refractivity contribution in [1.29, 1.82) is 0 Å². The molecule has 0 saturated heterocycles. The molecule has 1 aromatic rings. The number of hydrogen-bond acceptors (Lipinski definition) is 8. The minimum Gasteiger partial charge on any atom is -0.463 e. The molecule has 0 aliphatic carbocycles. The summed E-state index contributed by atoms with van der Waals surface area (Å²) in [5.74, 6) is -0.400. The van der Waals surface area contributed by atoms with Crippen molar-refractivity contribution in [3.05, 3.63) is 38.4 Å². The number of ether oxygens (including phenoxy) is 2. The first-order valence-electron chi connectivity index (χ1n) is 6.29. The van der Waals surface area contributed by atoms with Gasteiger partial charge in [-0.25, -0.2) is 0 Å². The largest absolute Gasteiger partial charge is 0.463 e. The highest BCUT2D eigenvalue weighted by Gasteiger charge is 2.18. The van der Waals surface area contributed by atoms with E-state index in [9.17, 15) is 25.0 Å². The highest BCUT2D eigenvalue weighted by Crippen LogP contribution is 2.28. The van der Waals surface area contributed by atoms with Gasteiger partial charge < -0.3 is 14.8 Å². The fraction of sp³-hybridized carbons (Fsp3) is 0.417. The smallest absolute Gasteiger partial charge is 0.302 e. The van der Waals surface area contributed by atoms with Crippen LogP contribution in [-0.4, -0.2) is 42.2 Å². The standard InChI is InChI=1S/C12H15N3O7/c1-9(16)22-7-6-21-5-4-13-11-3-2-10(14(17)18)8-12(11)15(19)20/h2-3,8,13H,4-7H2,1H3. The Kier molecular flexibility index (Phi) is 6.70. The molecule has 0 aromatic heterocycles. The van der Waals surface area contributed by atoms with E-state index in [1.54, 1.807) is 0 Å². The molecule has 0 bridgehead atoms. The lowest BCUT2D eigenvalue weighted by Gasteiger charge is -2.08. The Morgan fingerprint density at radius 2 is 1.91 bits per heavy atom. The second-order valence-electron chi connectivity index (χ2n) is 4.09. The molecule has 0 saturated carbocycles. The van der Waals surface area contributed by atoms with Crippen LogP contribution in [0.1, 0.15) is 6.92 Å². The number of carbonyl (C=O) groups excluding carboxylic acids is 1. The number of anilines is 1. The summed E-state index contributed by atoms with van der Waals surface area (Å²) in [5.41, 5.74) is -0.566. The molecule has 0 heterocycles. The molecule has 10 nitrogen and oxygen atoms in total. The normalized spacial score (nSPS) is 10.0. The van der Waals surface area contributed by atoms with Crippen molar-refractivity contribution in [2.24, 2.45) is 0 Å². The van der Waals surface area contributed by atoms with Gasteiger partial charge in [-0.2, -0.15) is 0 Å². The zero-order valence-corrected chi connectivity index (χ0v) is 11.8. The van der Waals surface area contributed by atoms with Crippen molar-refractivity contribution < 1.29 is 24.1 Å². The molecule has 22 heavy (non-hydrogen) atoms. The quantitative estimate of drug-likeness (QED) is 0.313. The summed E-state index contributed by atoms with van der Waals surface area (Å²) >= 11 is 0. The molecule has 0 radical (unpaired) electrons. The number of carbonyl (C=O) groups is 1. The van der Waals surface area contributed by atoms with Gasteiger partial charge in [-0.15, -0.1) is 0 Å². The zero-order valence-electron chi connectivity index (χ0n) is 11.8. The molecule has 0 spiro atoms. The summed E-state index contributed by atoms with van der Waals surface area (Å²) in [4.78, 5) is 30.6. The number of benzene rings is 1. The summed E-state index contributed by atoms with van der Waals surface area (Å²) in [6, 6.07) is 3.34. The van der Waals surface area contributed by atoms with Gasteiger partial charge >= 0.3 is 5.97 Å². The molecule has 1 aromatic carbocycles. The molecule has 1 rings (SSSR count).